The Bertz CT molecular complexity index is 695. The molecule has 0 atom stereocenters. The maximum Gasteiger partial charge on any atom is 0.234 e. The van der Waals surface area contributed by atoms with Gasteiger partial charge in [-0.2, -0.15) is 0 Å². The first-order chi connectivity index (χ1) is 11.0. The third-order valence-electron chi connectivity index (χ3n) is 2.79. The molecule has 0 saturated heterocycles. The second-order valence-electron chi connectivity index (χ2n) is 4.77. The summed E-state index contributed by atoms with van der Waals surface area (Å²) in [5, 5.41) is 5.52. The van der Waals surface area contributed by atoms with Crippen molar-refractivity contribution >= 4 is 50.9 Å². The van der Waals surface area contributed by atoms with Crippen molar-refractivity contribution in [3.05, 3.63) is 52.8 Å². The zero-order valence-electron chi connectivity index (χ0n) is 12.5. The number of carbonyl (C=O) groups is 2. The van der Waals surface area contributed by atoms with Gasteiger partial charge >= 0.3 is 0 Å². The molecule has 0 aliphatic rings. The fraction of sp³-hybridized carbons (Fsp3) is 0.188. The SMILES string of the molecule is CC(=O)Nc1ccc(Br)cc1NC(=O)CSCc1cccnc1. The molecular formula is C16H16BrN3O2S. The predicted octanol–water partition coefficient (Wildman–Crippen LogP) is 3.67. The van der Waals surface area contributed by atoms with Crippen LogP contribution in [-0.2, 0) is 15.3 Å². The zero-order chi connectivity index (χ0) is 16.7. The minimum absolute atomic E-state index is 0.122. The molecule has 1 aromatic heterocycles. The van der Waals surface area contributed by atoms with Gasteiger partial charge in [0.1, 0.15) is 0 Å². The van der Waals surface area contributed by atoms with Gasteiger partial charge in [-0.1, -0.05) is 22.0 Å². The number of thioether (sulfide) groups is 1. The summed E-state index contributed by atoms with van der Waals surface area (Å²) in [5.74, 6) is 0.733. The minimum Gasteiger partial charge on any atom is -0.325 e. The van der Waals surface area contributed by atoms with Gasteiger partial charge < -0.3 is 10.6 Å². The lowest BCUT2D eigenvalue weighted by Gasteiger charge is -2.12. The standard InChI is InChI=1S/C16H16BrN3O2S/c1-11(21)19-14-5-4-13(17)7-15(14)20-16(22)10-23-9-12-3-2-6-18-8-12/h2-8H,9-10H2,1H3,(H,19,21)(H,20,22). The van der Waals surface area contributed by atoms with Crippen LogP contribution in [0.15, 0.2) is 47.2 Å². The molecular weight excluding hydrogens is 378 g/mol. The zero-order valence-corrected chi connectivity index (χ0v) is 14.9. The van der Waals surface area contributed by atoms with Gasteiger partial charge in [0.05, 0.1) is 17.1 Å². The third-order valence-corrected chi connectivity index (χ3v) is 4.29. The van der Waals surface area contributed by atoms with Crippen LogP contribution >= 0.6 is 27.7 Å². The van der Waals surface area contributed by atoms with Crippen LogP contribution in [-0.4, -0.2) is 22.6 Å². The lowest BCUT2D eigenvalue weighted by Crippen LogP contribution is -2.16. The maximum absolute atomic E-state index is 12.1. The van der Waals surface area contributed by atoms with Gasteiger partial charge in [0.2, 0.25) is 11.8 Å². The largest absolute Gasteiger partial charge is 0.325 e. The number of halogens is 1. The first-order valence-corrected chi connectivity index (χ1v) is 8.83. The summed E-state index contributed by atoms with van der Waals surface area (Å²) < 4.78 is 0.824. The molecule has 2 amide bonds. The van der Waals surface area contributed by atoms with Gasteiger partial charge in [-0.25, -0.2) is 0 Å². The van der Waals surface area contributed by atoms with Crippen LogP contribution in [0.5, 0.6) is 0 Å². The van der Waals surface area contributed by atoms with E-state index in [9.17, 15) is 9.59 Å². The Morgan fingerprint density at radius 2 is 2.04 bits per heavy atom. The van der Waals surface area contributed by atoms with E-state index in [0.29, 0.717) is 17.1 Å². The lowest BCUT2D eigenvalue weighted by atomic mass is 10.2. The average molecular weight is 394 g/mol. The Hall–Kier alpha value is -1.86. The summed E-state index contributed by atoms with van der Waals surface area (Å²) >= 11 is 4.87. The molecule has 2 rings (SSSR count). The number of hydrogen-bond donors (Lipinski definition) is 2. The highest BCUT2D eigenvalue weighted by Crippen LogP contribution is 2.26. The molecule has 2 aromatic rings. The summed E-state index contributed by atoms with van der Waals surface area (Å²) in [6.45, 7) is 1.43. The Labute approximate surface area is 147 Å². The van der Waals surface area contributed by atoms with Crippen molar-refractivity contribution < 1.29 is 9.59 Å². The smallest absolute Gasteiger partial charge is 0.234 e. The minimum atomic E-state index is -0.186. The van der Waals surface area contributed by atoms with E-state index in [1.165, 1.54) is 18.7 Å². The van der Waals surface area contributed by atoms with Crippen molar-refractivity contribution in [1.82, 2.24) is 4.98 Å². The number of benzene rings is 1. The molecule has 0 aliphatic heterocycles. The first-order valence-electron chi connectivity index (χ1n) is 6.88. The summed E-state index contributed by atoms with van der Waals surface area (Å²) in [5.41, 5.74) is 2.22. The van der Waals surface area contributed by atoms with Gasteiger partial charge in [0, 0.05) is 29.5 Å². The van der Waals surface area contributed by atoms with Crippen molar-refractivity contribution in [1.29, 1.82) is 0 Å². The van der Waals surface area contributed by atoms with Crippen LogP contribution in [0.2, 0.25) is 0 Å². The first kappa shape index (κ1) is 17.5. The van der Waals surface area contributed by atoms with E-state index in [1.807, 2.05) is 12.1 Å². The monoisotopic (exact) mass is 393 g/mol. The molecule has 5 nitrogen and oxygen atoms in total. The summed E-state index contributed by atoms with van der Waals surface area (Å²) in [7, 11) is 0. The van der Waals surface area contributed by atoms with Crippen molar-refractivity contribution in [3.8, 4) is 0 Å². The number of nitrogens with zero attached hydrogens (tertiary/aromatic N) is 1. The number of aromatic nitrogens is 1. The molecule has 1 aromatic carbocycles. The van der Waals surface area contributed by atoms with Crippen molar-refractivity contribution in [2.24, 2.45) is 0 Å². The fourth-order valence-corrected chi connectivity index (χ4v) is 2.98. The summed E-state index contributed by atoms with van der Waals surface area (Å²) in [6.07, 6.45) is 3.51. The normalized spacial score (nSPS) is 10.2. The molecule has 23 heavy (non-hydrogen) atoms. The molecule has 0 radical (unpaired) electrons. The second-order valence-corrected chi connectivity index (χ2v) is 6.67. The maximum atomic E-state index is 12.1. The Morgan fingerprint density at radius 3 is 2.74 bits per heavy atom. The topological polar surface area (TPSA) is 71.1 Å². The van der Waals surface area contributed by atoms with Crippen LogP contribution in [0, 0.1) is 0 Å². The third kappa shape index (κ3) is 6.03. The lowest BCUT2D eigenvalue weighted by molar-refractivity contribution is -0.115. The molecule has 1 heterocycles. The molecule has 7 heteroatoms. The van der Waals surface area contributed by atoms with Crippen LogP contribution in [0.3, 0.4) is 0 Å². The van der Waals surface area contributed by atoms with E-state index < -0.39 is 0 Å². The van der Waals surface area contributed by atoms with Crippen LogP contribution in [0.4, 0.5) is 11.4 Å². The van der Waals surface area contributed by atoms with Gasteiger partial charge in [-0.15, -0.1) is 11.8 Å². The number of carbonyl (C=O) groups excluding carboxylic acids is 2. The number of anilines is 2. The van der Waals surface area contributed by atoms with Gasteiger partial charge in [0.15, 0.2) is 0 Å². The second kappa shape index (κ2) is 8.69. The average Bonchev–Trinajstić information content (AvgIpc) is 2.51. The highest BCUT2D eigenvalue weighted by Gasteiger charge is 2.09. The van der Waals surface area contributed by atoms with Crippen LogP contribution in [0.1, 0.15) is 12.5 Å². The molecule has 0 aliphatic carbocycles. The summed E-state index contributed by atoms with van der Waals surface area (Å²) in [4.78, 5) is 27.3. The van der Waals surface area contributed by atoms with Crippen molar-refractivity contribution in [2.45, 2.75) is 12.7 Å². The van der Waals surface area contributed by atoms with Gasteiger partial charge in [-0.3, -0.25) is 14.6 Å². The highest BCUT2D eigenvalue weighted by molar-refractivity contribution is 9.10. The Morgan fingerprint density at radius 1 is 1.22 bits per heavy atom. The molecule has 0 bridgehead atoms. The molecule has 2 N–H and O–H groups in total. The Kier molecular flexibility index (Phi) is 6.61. The van der Waals surface area contributed by atoms with Crippen LogP contribution < -0.4 is 10.6 Å². The number of nitrogens with one attached hydrogen (secondary N) is 2. The van der Waals surface area contributed by atoms with Crippen molar-refractivity contribution in [2.75, 3.05) is 16.4 Å². The van der Waals surface area contributed by atoms with E-state index in [4.69, 9.17) is 0 Å². The molecule has 0 spiro atoms. The number of pyridine rings is 1. The van der Waals surface area contributed by atoms with E-state index >= 15 is 0 Å². The van der Waals surface area contributed by atoms with Gasteiger partial charge in [-0.05, 0) is 29.8 Å². The molecule has 0 saturated carbocycles. The number of amides is 2. The van der Waals surface area contributed by atoms with E-state index in [1.54, 1.807) is 30.6 Å². The summed E-state index contributed by atoms with van der Waals surface area (Å²) in [6, 6.07) is 9.15. The Balaban J connectivity index is 1.91. The van der Waals surface area contributed by atoms with Crippen LogP contribution in [0.25, 0.3) is 0 Å². The van der Waals surface area contributed by atoms with E-state index in [-0.39, 0.29) is 11.8 Å². The van der Waals surface area contributed by atoms with E-state index in [0.717, 1.165) is 15.8 Å². The molecule has 0 unspecified atom stereocenters. The quantitative estimate of drug-likeness (QED) is 0.784. The fourth-order valence-electron chi connectivity index (χ4n) is 1.85. The van der Waals surface area contributed by atoms with E-state index in [2.05, 4.69) is 31.5 Å². The predicted molar refractivity (Wildman–Crippen MR) is 97.5 cm³/mol. The van der Waals surface area contributed by atoms with Gasteiger partial charge in [0.25, 0.3) is 0 Å². The highest BCUT2D eigenvalue weighted by atomic mass is 79.9. The molecule has 120 valence electrons. The molecule has 0 fully saturated rings. The van der Waals surface area contributed by atoms with Crippen molar-refractivity contribution in [3.63, 3.8) is 0 Å². The number of rotatable bonds is 6. The number of hydrogen-bond acceptors (Lipinski definition) is 4.